The van der Waals surface area contributed by atoms with Crippen LogP contribution in [0.5, 0.6) is 11.5 Å². The fraction of sp³-hybridized carbons (Fsp3) is 0.400. The Hall–Kier alpha value is -5.52. The van der Waals surface area contributed by atoms with Crippen LogP contribution >= 0.6 is 0 Å². The van der Waals surface area contributed by atoms with Crippen LogP contribution in [0.1, 0.15) is 53.0 Å². The van der Waals surface area contributed by atoms with E-state index in [9.17, 15) is 19.2 Å². The van der Waals surface area contributed by atoms with Crippen molar-refractivity contribution in [2.24, 2.45) is 17.8 Å². The summed E-state index contributed by atoms with van der Waals surface area (Å²) in [6.07, 6.45) is 5.02. The predicted molar refractivity (Wildman–Crippen MR) is 196 cm³/mol. The van der Waals surface area contributed by atoms with Crippen molar-refractivity contribution in [3.63, 3.8) is 0 Å². The Labute approximate surface area is 303 Å². The topological polar surface area (TPSA) is 143 Å². The van der Waals surface area contributed by atoms with Crippen molar-refractivity contribution in [1.82, 2.24) is 30.4 Å². The van der Waals surface area contributed by atoms with Crippen LogP contribution in [0.3, 0.4) is 0 Å². The zero-order valence-corrected chi connectivity index (χ0v) is 30.1. The second-order valence-electron chi connectivity index (χ2n) is 13.8. The molecular weight excluding hydrogens is 660 g/mol. The van der Waals surface area contributed by atoms with Gasteiger partial charge in [0.25, 0.3) is 11.8 Å². The first-order chi connectivity index (χ1) is 25.1. The van der Waals surface area contributed by atoms with E-state index < -0.39 is 12.0 Å². The number of nitrogens with zero attached hydrogens (tertiary/aromatic N) is 4. The van der Waals surface area contributed by atoms with Crippen LogP contribution < -0.4 is 20.1 Å². The average Bonchev–Trinajstić information content (AvgIpc) is 3.60. The minimum absolute atomic E-state index is 0.0692. The van der Waals surface area contributed by atoms with Crippen LogP contribution in [0.2, 0.25) is 0 Å². The third-order valence-electron chi connectivity index (χ3n) is 9.96. The number of piperidine rings is 1. The summed E-state index contributed by atoms with van der Waals surface area (Å²) in [7, 11) is 3.09. The summed E-state index contributed by atoms with van der Waals surface area (Å²) in [5.74, 6) is -1.06. The highest BCUT2D eigenvalue weighted by atomic mass is 16.5. The van der Waals surface area contributed by atoms with Crippen molar-refractivity contribution in [3.05, 3.63) is 95.8 Å². The molecule has 12 heteroatoms. The summed E-state index contributed by atoms with van der Waals surface area (Å²) in [5, 5.41) is 5.73. The molecule has 4 atom stereocenters. The minimum atomic E-state index is -0.747. The number of likely N-dealkylation sites (tertiary alicyclic amines) is 2. The molecule has 3 aromatic carbocycles. The van der Waals surface area contributed by atoms with Gasteiger partial charge in [0.15, 0.2) is 11.5 Å². The van der Waals surface area contributed by atoms with Gasteiger partial charge in [0.05, 0.1) is 30.2 Å². The number of carbonyl (C=O) groups excluding carboxylic acids is 4. The molecule has 0 saturated carbocycles. The lowest BCUT2D eigenvalue weighted by atomic mass is 9.79. The molecule has 4 amide bonds. The van der Waals surface area contributed by atoms with Crippen LogP contribution in [-0.4, -0.2) is 95.9 Å². The zero-order chi connectivity index (χ0) is 36.8. The number of nitrogens with one attached hydrogen (secondary N) is 2. The summed E-state index contributed by atoms with van der Waals surface area (Å²) in [6.45, 7) is 5.05. The van der Waals surface area contributed by atoms with Gasteiger partial charge in [-0.05, 0) is 86.9 Å². The molecule has 3 heterocycles. The normalized spacial score (nSPS) is 18.8. The van der Waals surface area contributed by atoms with Gasteiger partial charge in [-0.3, -0.25) is 29.1 Å². The Morgan fingerprint density at radius 1 is 0.827 bits per heavy atom. The largest absolute Gasteiger partial charge is 0.493 e. The summed E-state index contributed by atoms with van der Waals surface area (Å²) < 4.78 is 11.4. The number of likely N-dealkylation sites (N-methyl/N-ethyl adjacent to an activating group) is 1. The highest BCUT2D eigenvalue weighted by Gasteiger charge is 2.48. The van der Waals surface area contributed by atoms with Gasteiger partial charge in [0.1, 0.15) is 6.04 Å². The van der Waals surface area contributed by atoms with Gasteiger partial charge in [-0.15, -0.1) is 0 Å². The number of hydrogen-bond acceptors (Lipinski definition) is 8. The maximum atomic E-state index is 14.3. The van der Waals surface area contributed by atoms with Gasteiger partial charge in [-0.25, -0.2) is 0 Å². The van der Waals surface area contributed by atoms with E-state index in [1.165, 1.54) is 7.11 Å². The summed E-state index contributed by atoms with van der Waals surface area (Å²) >= 11 is 0. The first kappa shape index (κ1) is 36.3. The maximum Gasteiger partial charge on any atom is 0.254 e. The molecular formula is C40H46N6O6. The Bertz CT molecular complexity index is 1920. The number of rotatable bonds is 12. The van der Waals surface area contributed by atoms with E-state index in [-0.39, 0.29) is 48.1 Å². The Morgan fingerprint density at radius 3 is 2.19 bits per heavy atom. The van der Waals surface area contributed by atoms with Gasteiger partial charge >= 0.3 is 0 Å². The van der Waals surface area contributed by atoms with Crippen molar-refractivity contribution in [1.29, 1.82) is 0 Å². The molecule has 52 heavy (non-hydrogen) atoms. The lowest BCUT2D eigenvalue weighted by Crippen LogP contribution is -2.56. The Morgan fingerprint density at radius 2 is 1.50 bits per heavy atom. The smallest absolute Gasteiger partial charge is 0.254 e. The van der Waals surface area contributed by atoms with Crippen LogP contribution in [0.25, 0.3) is 11.0 Å². The maximum absolute atomic E-state index is 14.3. The third kappa shape index (κ3) is 8.17. The monoisotopic (exact) mass is 706 g/mol. The van der Waals surface area contributed by atoms with E-state index in [4.69, 9.17) is 9.47 Å². The molecule has 0 bridgehead atoms. The number of amides is 4. The van der Waals surface area contributed by atoms with Crippen molar-refractivity contribution in [2.45, 2.75) is 45.3 Å². The molecule has 4 aromatic rings. The van der Waals surface area contributed by atoms with Gasteiger partial charge in [-0.1, -0.05) is 30.3 Å². The molecule has 0 aliphatic carbocycles. The highest BCUT2D eigenvalue weighted by molar-refractivity contribution is 5.98. The molecule has 1 aromatic heterocycles. The summed E-state index contributed by atoms with van der Waals surface area (Å²) in [5.41, 5.74) is 3.31. The van der Waals surface area contributed by atoms with E-state index in [1.54, 1.807) is 65.6 Å². The molecule has 272 valence electrons. The molecule has 3 unspecified atom stereocenters. The molecule has 2 aliphatic rings. The molecule has 2 saturated heterocycles. The van der Waals surface area contributed by atoms with Gasteiger partial charge in [0, 0.05) is 56.7 Å². The molecule has 0 spiro atoms. The van der Waals surface area contributed by atoms with E-state index >= 15 is 0 Å². The second-order valence-corrected chi connectivity index (χ2v) is 13.8. The lowest BCUT2D eigenvalue weighted by Gasteiger charge is -2.40. The average molecular weight is 707 g/mol. The molecule has 2 N–H and O–H groups in total. The lowest BCUT2D eigenvalue weighted by molar-refractivity contribution is -0.133. The fourth-order valence-corrected chi connectivity index (χ4v) is 7.38. The minimum Gasteiger partial charge on any atom is -0.493 e. The molecule has 12 nitrogen and oxygen atoms in total. The van der Waals surface area contributed by atoms with Crippen LogP contribution in [0.15, 0.2) is 79.1 Å². The number of methoxy groups -OCH3 is 1. The Kier molecular flexibility index (Phi) is 11.3. The fourth-order valence-electron chi connectivity index (χ4n) is 7.38. The first-order valence-corrected chi connectivity index (χ1v) is 17.8. The number of carbonyl (C=O) groups is 4. The molecule has 2 aliphatic heterocycles. The van der Waals surface area contributed by atoms with Crippen molar-refractivity contribution in [2.75, 3.05) is 40.3 Å². The number of benzene rings is 3. The van der Waals surface area contributed by atoms with Gasteiger partial charge in [0.2, 0.25) is 11.8 Å². The van der Waals surface area contributed by atoms with E-state index in [0.717, 1.165) is 12.0 Å². The molecule has 2 fully saturated rings. The quantitative estimate of drug-likeness (QED) is 0.224. The van der Waals surface area contributed by atoms with E-state index in [2.05, 4.69) is 20.6 Å². The summed E-state index contributed by atoms with van der Waals surface area (Å²) in [6, 6.07) is 19.6. The van der Waals surface area contributed by atoms with Gasteiger partial charge in [-0.2, -0.15) is 0 Å². The number of ether oxygens (including phenoxy) is 2. The SMILES string of the molecule is CNC(=O)[C@H](CCCc1ccccc1)NC(=O)C1CN(C(=O)c2ccc3nccnc3c2)CC2CN(C(=O)c3ccc(OC(C)C)c(OC)c3)CC21. The van der Waals surface area contributed by atoms with Crippen LogP contribution in [0.4, 0.5) is 0 Å². The van der Waals surface area contributed by atoms with Crippen molar-refractivity contribution < 1.29 is 28.7 Å². The standard InChI is InChI=1S/C40H46N6O6/c1-25(2)52-35-16-14-28(20-36(35)51-4)40(50)45-21-29-22-46(39(49)27-13-15-32-34(19-27)43-18-17-42-32)24-31(30(29)23-45)37(47)44-33(38(48)41-3)12-8-11-26-9-6-5-7-10-26/h5-7,9-10,13-20,25,29-31,33H,8,11-12,21-24H2,1-4H3,(H,41,48)(H,44,47)/t29?,30?,31?,33-/m0/s1. The van der Waals surface area contributed by atoms with Crippen molar-refractivity contribution in [3.8, 4) is 11.5 Å². The number of aryl methyl sites for hydroxylation is 1. The number of hydrogen-bond donors (Lipinski definition) is 2. The van der Waals surface area contributed by atoms with Crippen LogP contribution in [0, 0.1) is 17.8 Å². The van der Waals surface area contributed by atoms with Crippen molar-refractivity contribution >= 4 is 34.7 Å². The first-order valence-electron chi connectivity index (χ1n) is 17.8. The highest BCUT2D eigenvalue weighted by Crippen LogP contribution is 2.38. The van der Waals surface area contributed by atoms with Gasteiger partial charge < -0.3 is 29.9 Å². The Balaban J connectivity index is 1.24. The van der Waals surface area contributed by atoms with E-state index in [1.807, 2.05) is 44.2 Å². The molecule has 0 radical (unpaired) electrons. The number of fused-ring (bicyclic) bond motifs is 2. The predicted octanol–water partition coefficient (Wildman–Crippen LogP) is 4.14. The third-order valence-corrected chi connectivity index (χ3v) is 9.96. The number of aromatic nitrogens is 2. The molecule has 6 rings (SSSR count). The van der Waals surface area contributed by atoms with E-state index in [0.29, 0.717) is 66.1 Å². The second kappa shape index (κ2) is 16.2. The summed E-state index contributed by atoms with van der Waals surface area (Å²) in [4.78, 5) is 67.4. The van der Waals surface area contributed by atoms with Crippen LogP contribution in [-0.2, 0) is 16.0 Å². The zero-order valence-electron chi connectivity index (χ0n) is 30.1.